The number of benzene rings is 1. The lowest BCUT2D eigenvalue weighted by Crippen LogP contribution is -2.20. The van der Waals surface area contributed by atoms with Gasteiger partial charge < -0.3 is 9.84 Å². The van der Waals surface area contributed by atoms with E-state index in [1.54, 1.807) is 22.9 Å². The molecule has 1 atom stereocenters. The van der Waals surface area contributed by atoms with Gasteiger partial charge in [-0.2, -0.15) is 5.10 Å². The van der Waals surface area contributed by atoms with Crippen LogP contribution in [0.25, 0.3) is 11.3 Å². The lowest BCUT2D eigenvalue weighted by Gasteiger charge is -2.24. The van der Waals surface area contributed by atoms with Crippen LogP contribution in [-0.4, -0.2) is 26.4 Å². The smallest absolute Gasteiger partial charge is 0.269 e. The Bertz CT molecular complexity index is 660. The lowest BCUT2D eigenvalue weighted by atomic mass is 10.1. The number of nitro benzene ring substituents is 1. The van der Waals surface area contributed by atoms with Gasteiger partial charge in [0.25, 0.3) is 5.69 Å². The molecule has 0 bridgehead atoms. The fraction of sp³-hybridized carbons (Fsp3) is 0.400. The van der Waals surface area contributed by atoms with E-state index in [0.29, 0.717) is 12.3 Å². The number of nitrogens with zero attached hydrogens (tertiary/aromatic N) is 3. The number of aliphatic hydroxyl groups excluding tert-OH is 1. The maximum absolute atomic E-state index is 10.7. The van der Waals surface area contributed by atoms with Crippen molar-refractivity contribution in [2.24, 2.45) is 0 Å². The molecule has 0 radical (unpaired) electrons. The van der Waals surface area contributed by atoms with Crippen molar-refractivity contribution in [2.75, 3.05) is 6.61 Å². The zero-order chi connectivity index (χ0) is 15.5. The Morgan fingerprint density at radius 1 is 1.36 bits per heavy atom. The van der Waals surface area contributed by atoms with Crippen molar-refractivity contribution in [3.05, 3.63) is 46.1 Å². The third-order valence-electron chi connectivity index (χ3n) is 3.75. The summed E-state index contributed by atoms with van der Waals surface area (Å²) >= 11 is 0. The number of nitro groups is 1. The van der Waals surface area contributed by atoms with Crippen molar-refractivity contribution in [2.45, 2.75) is 32.1 Å². The van der Waals surface area contributed by atoms with Crippen molar-refractivity contribution in [3.8, 4) is 11.3 Å². The Hall–Kier alpha value is -2.25. The lowest BCUT2D eigenvalue weighted by molar-refractivity contribution is -0.384. The van der Waals surface area contributed by atoms with Crippen LogP contribution in [0.1, 0.15) is 31.2 Å². The van der Waals surface area contributed by atoms with Gasteiger partial charge in [-0.3, -0.25) is 10.1 Å². The van der Waals surface area contributed by atoms with Crippen molar-refractivity contribution < 1.29 is 14.8 Å². The molecule has 3 rings (SSSR count). The molecule has 0 aliphatic carbocycles. The van der Waals surface area contributed by atoms with Gasteiger partial charge in [-0.15, -0.1) is 0 Å². The second kappa shape index (κ2) is 6.25. The van der Waals surface area contributed by atoms with E-state index in [0.717, 1.165) is 30.5 Å². The van der Waals surface area contributed by atoms with Crippen molar-refractivity contribution in [1.82, 2.24) is 9.78 Å². The van der Waals surface area contributed by atoms with E-state index >= 15 is 0 Å². The maximum atomic E-state index is 10.7. The molecule has 0 saturated carbocycles. The highest BCUT2D eigenvalue weighted by molar-refractivity contribution is 5.62. The normalized spacial score (nSPS) is 18.3. The molecule has 22 heavy (non-hydrogen) atoms. The van der Waals surface area contributed by atoms with Crippen LogP contribution in [0.15, 0.2) is 30.3 Å². The fourth-order valence-electron chi connectivity index (χ4n) is 2.63. The van der Waals surface area contributed by atoms with Gasteiger partial charge in [-0.25, -0.2) is 4.68 Å². The van der Waals surface area contributed by atoms with Crippen molar-refractivity contribution in [1.29, 1.82) is 0 Å². The molecule has 0 amide bonds. The largest absolute Gasteiger partial charge is 0.390 e. The van der Waals surface area contributed by atoms with Crippen LogP contribution in [0.4, 0.5) is 5.69 Å². The maximum Gasteiger partial charge on any atom is 0.269 e. The molecule has 1 fully saturated rings. The first-order valence-electron chi connectivity index (χ1n) is 7.25. The Balaban J connectivity index is 1.97. The Morgan fingerprint density at radius 3 is 2.73 bits per heavy atom. The minimum atomic E-state index is -0.426. The first kappa shape index (κ1) is 14.7. The summed E-state index contributed by atoms with van der Waals surface area (Å²) in [5, 5.41) is 24.5. The molecule has 2 heterocycles. The second-order valence-corrected chi connectivity index (χ2v) is 5.25. The number of hydrogen-bond acceptors (Lipinski definition) is 5. The molecule has 116 valence electrons. The summed E-state index contributed by atoms with van der Waals surface area (Å²) in [5.41, 5.74) is 2.21. The van der Waals surface area contributed by atoms with Crippen LogP contribution in [0.5, 0.6) is 0 Å². The molecule has 1 aromatic carbocycles. The molecule has 7 heteroatoms. The second-order valence-electron chi connectivity index (χ2n) is 5.25. The fourth-order valence-corrected chi connectivity index (χ4v) is 2.63. The van der Waals surface area contributed by atoms with Crippen LogP contribution in [-0.2, 0) is 11.3 Å². The third-order valence-corrected chi connectivity index (χ3v) is 3.75. The highest BCUT2D eigenvalue weighted by Gasteiger charge is 2.21. The van der Waals surface area contributed by atoms with E-state index in [1.165, 1.54) is 12.1 Å². The van der Waals surface area contributed by atoms with Gasteiger partial charge in [-0.05, 0) is 37.5 Å². The Labute approximate surface area is 127 Å². The number of non-ortho nitro benzene ring substituents is 1. The minimum Gasteiger partial charge on any atom is -0.390 e. The van der Waals surface area contributed by atoms with E-state index in [9.17, 15) is 15.2 Å². The van der Waals surface area contributed by atoms with Crippen molar-refractivity contribution in [3.63, 3.8) is 0 Å². The third kappa shape index (κ3) is 2.86. The summed E-state index contributed by atoms with van der Waals surface area (Å²) in [6, 6.07) is 8.10. The van der Waals surface area contributed by atoms with Gasteiger partial charge in [0, 0.05) is 24.3 Å². The van der Waals surface area contributed by atoms with Crippen LogP contribution in [0, 0.1) is 10.1 Å². The van der Waals surface area contributed by atoms with Gasteiger partial charge in [0.05, 0.1) is 22.9 Å². The average Bonchev–Trinajstić information content (AvgIpc) is 3.00. The predicted molar refractivity (Wildman–Crippen MR) is 79.1 cm³/mol. The molecule has 1 saturated heterocycles. The molecule has 1 aliphatic heterocycles. The van der Waals surface area contributed by atoms with Gasteiger partial charge in [0.1, 0.15) is 0 Å². The van der Waals surface area contributed by atoms with E-state index in [4.69, 9.17) is 4.74 Å². The number of ether oxygens (including phenoxy) is 1. The van der Waals surface area contributed by atoms with E-state index in [2.05, 4.69) is 5.10 Å². The summed E-state index contributed by atoms with van der Waals surface area (Å²) in [6.07, 6.45) is 2.82. The number of hydrogen-bond donors (Lipinski definition) is 1. The number of aliphatic hydroxyl groups is 1. The standard InChI is InChI=1S/C15H17N3O4/c19-10-12-9-14(11-4-6-13(7-5-11)18(20)21)17(16-12)15-3-1-2-8-22-15/h4-7,9,15,19H,1-3,8,10H2. The molecule has 1 aromatic heterocycles. The van der Waals surface area contributed by atoms with Crippen LogP contribution in [0.3, 0.4) is 0 Å². The quantitative estimate of drug-likeness (QED) is 0.692. The van der Waals surface area contributed by atoms with Gasteiger partial charge in [0.2, 0.25) is 0 Å². The van der Waals surface area contributed by atoms with Crippen LogP contribution >= 0.6 is 0 Å². The first-order chi connectivity index (χ1) is 10.7. The van der Waals surface area contributed by atoms with Crippen molar-refractivity contribution >= 4 is 5.69 Å². The number of rotatable bonds is 4. The topological polar surface area (TPSA) is 90.4 Å². The van der Waals surface area contributed by atoms with E-state index in [1.807, 2.05) is 0 Å². The Morgan fingerprint density at radius 2 is 2.14 bits per heavy atom. The molecule has 1 unspecified atom stereocenters. The summed E-state index contributed by atoms with van der Waals surface area (Å²) in [5.74, 6) is 0. The van der Waals surface area contributed by atoms with Crippen LogP contribution in [0.2, 0.25) is 0 Å². The van der Waals surface area contributed by atoms with Gasteiger partial charge in [0.15, 0.2) is 6.23 Å². The summed E-state index contributed by atoms with van der Waals surface area (Å²) in [6.45, 7) is 0.540. The average molecular weight is 303 g/mol. The molecule has 7 nitrogen and oxygen atoms in total. The zero-order valence-electron chi connectivity index (χ0n) is 12.0. The predicted octanol–water partition coefficient (Wildman–Crippen LogP) is 2.65. The van der Waals surface area contributed by atoms with Crippen LogP contribution < -0.4 is 0 Å². The van der Waals surface area contributed by atoms with E-state index in [-0.39, 0.29) is 18.5 Å². The molecule has 1 N–H and O–H groups in total. The minimum absolute atomic E-state index is 0.0473. The summed E-state index contributed by atoms with van der Waals surface area (Å²) in [7, 11) is 0. The monoisotopic (exact) mass is 303 g/mol. The molecule has 1 aliphatic rings. The molecule has 0 spiro atoms. The van der Waals surface area contributed by atoms with E-state index < -0.39 is 4.92 Å². The summed E-state index contributed by atoms with van der Waals surface area (Å²) in [4.78, 5) is 10.3. The molecular weight excluding hydrogens is 286 g/mol. The Kier molecular flexibility index (Phi) is 4.17. The van der Waals surface area contributed by atoms with Gasteiger partial charge in [-0.1, -0.05) is 0 Å². The molecular formula is C15H17N3O4. The summed E-state index contributed by atoms with van der Waals surface area (Å²) < 4.78 is 7.53. The zero-order valence-corrected chi connectivity index (χ0v) is 12.0. The van der Waals surface area contributed by atoms with Gasteiger partial charge >= 0.3 is 0 Å². The highest BCUT2D eigenvalue weighted by atomic mass is 16.6. The first-order valence-corrected chi connectivity index (χ1v) is 7.25. The highest BCUT2D eigenvalue weighted by Crippen LogP contribution is 2.30. The molecule has 2 aromatic rings. The number of aromatic nitrogens is 2. The SMILES string of the molecule is O=[N+]([O-])c1ccc(-c2cc(CO)nn2C2CCCCO2)cc1.